The Kier molecular flexibility index (Phi) is 5.16. The molecule has 3 rings (SSSR count). The Labute approximate surface area is 147 Å². The van der Waals surface area contributed by atoms with Gasteiger partial charge < -0.3 is 14.7 Å². The van der Waals surface area contributed by atoms with Crippen LogP contribution in [0.5, 0.6) is 0 Å². The Morgan fingerprint density at radius 1 is 1.20 bits per heavy atom. The molecule has 1 N–H and O–H groups in total. The van der Waals surface area contributed by atoms with Crippen molar-refractivity contribution in [3.63, 3.8) is 0 Å². The molecule has 0 radical (unpaired) electrons. The molecule has 2 amide bonds. The minimum Gasteiger partial charge on any atom is -0.355 e. The molecule has 1 aromatic carbocycles. The van der Waals surface area contributed by atoms with Gasteiger partial charge in [0.15, 0.2) is 11.5 Å². The van der Waals surface area contributed by atoms with Crippen molar-refractivity contribution in [2.45, 2.75) is 32.7 Å². The van der Waals surface area contributed by atoms with E-state index in [1.165, 1.54) is 0 Å². The molecule has 1 fully saturated rings. The Balaban J connectivity index is 1.60. The van der Waals surface area contributed by atoms with Gasteiger partial charge >= 0.3 is 0 Å². The van der Waals surface area contributed by atoms with Crippen molar-refractivity contribution < 1.29 is 14.1 Å². The lowest BCUT2D eigenvalue weighted by molar-refractivity contribution is -0.126. The van der Waals surface area contributed by atoms with Gasteiger partial charge in [0.2, 0.25) is 5.91 Å². The maximum absolute atomic E-state index is 12.6. The van der Waals surface area contributed by atoms with Crippen LogP contribution >= 0.6 is 0 Å². The van der Waals surface area contributed by atoms with Crippen LogP contribution in [0.4, 0.5) is 0 Å². The summed E-state index contributed by atoms with van der Waals surface area (Å²) in [5.41, 5.74) is 1.20. The second kappa shape index (κ2) is 7.51. The summed E-state index contributed by atoms with van der Waals surface area (Å²) in [6, 6.07) is 11.4. The number of aromatic nitrogens is 1. The largest absolute Gasteiger partial charge is 0.355 e. The molecule has 1 aliphatic heterocycles. The summed E-state index contributed by atoms with van der Waals surface area (Å²) in [7, 11) is 0. The Hall–Kier alpha value is -2.63. The van der Waals surface area contributed by atoms with E-state index in [0.29, 0.717) is 37.4 Å². The van der Waals surface area contributed by atoms with E-state index in [0.717, 1.165) is 5.56 Å². The summed E-state index contributed by atoms with van der Waals surface area (Å²) >= 11 is 0. The van der Waals surface area contributed by atoms with Crippen molar-refractivity contribution in [2.75, 3.05) is 13.1 Å². The van der Waals surface area contributed by atoms with Crippen molar-refractivity contribution in [2.24, 2.45) is 5.92 Å². The highest BCUT2D eigenvalue weighted by atomic mass is 16.5. The van der Waals surface area contributed by atoms with E-state index >= 15 is 0 Å². The Morgan fingerprint density at radius 2 is 1.88 bits per heavy atom. The molecule has 0 spiro atoms. The van der Waals surface area contributed by atoms with Crippen LogP contribution in [0.25, 0.3) is 11.3 Å². The molecule has 25 heavy (non-hydrogen) atoms. The number of carbonyl (C=O) groups excluding carboxylic acids is 2. The number of likely N-dealkylation sites (tertiary alicyclic amines) is 1. The number of piperidine rings is 1. The number of hydrogen-bond donors (Lipinski definition) is 1. The van der Waals surface area contributed by atoms with Gasteiger partial charge in [-0.2, -0.15) is 0 Å². The summed E-state index contributed by atoms with van der Waals surface area (Å²) in [5, 5.41) is 6.86. The first-order valence-electron chi connectivity index (χ1n) is 8.66. The van der Waals surface area contributed by atoms with Crippen molar-refractivity contribution >= 4 is 11.8 Å². The van der Waals surface area contributed by atoms with E-state index in [1.54, 1.807) is 11.0 Å². The lowest BCUT2D eigenvalue weighted by Gasteiger charge is -2.31. The van der Waals surface area contributed by atoms with Crippen LogP contribution in [-0.2, 0) is 4.79 Å². The van der Waals surface area contributed by atoms with Gasteiger partial charge in [-0.3, -0.25) is 9.59 Å². The van der Waals surface area contributed by atoms with Gasteiger partial charge in [-0.05, 0) is 26.7 Å². The van der Waals surface area contributed by atoms with E-state index in [1.807, 2.05) is 44.2 Å². The molecular formula is C19H23N3O3. The van der Waals surface area contributed by atoms with Crippen molar-refractivity contribution in [3.8, 4) is 11.3 Å². The molecule has 0 saturated carbocycles. The van der Waals surface area contributed by atoms with E-state index in [4.69, 9.17) is 4.52 Å². The Bertz CT molecular complexity index is 731. The first-order valence-corrected chi connectivity index (χ1v) is 8.66. The van der Waals surface area contributed by atoms with E-state index in [2.05, 4.69) is 10.5 Å². The smallest absolute Gasteiger partial charge is 0.276 e. The SMILES string of the molecule is CC(C)NC(=O)C1CCN(C(=O)c2cc(-c3ccccc3)on2)CC1. The quantitative estimate of drug-likeness (QED) is 0.928. The molecule has 1 aliphatic rings. The third kappa shape index (κ3) is 4.07. The van der Waals surface area contributed by atoms with Crippen LogP contribution < -0.4 is 5.32 Å². The fourth-order valence-electron chi connectivity index (χ4n) is 3.02. The lowest BCUT2D eigenvalue weighted by atomic mass is 9.95. The summed E-state index contributed by atoms with van der Waals surface area (Å²) in [5.74, 6) is 0.488. The van der Waals surface area contributed by atoms with Crippen molar-refractivity contribution in [3.05, 3.63) is 42.1 Å². The fourth-order valence-corrected chi connectivity index (χ4v) is 3.02. The van der Waals surface area contributed by atoms with Gasteiger partial charge in [0.1, 0.15) is 0 Å². The van der Waals surface area contributed by atoms with Gasteiger partial charge in [-0.15, -0.1) is 0 Å². The third-order valence-electron chi connectivity index (χ3n) is 4.37. The van der Waals surface area contributed by atoms with Gasteiger partial charge in [-0.25, -0.2) is 0 Å². The molecule has 2 aromatic rings. The average Bonchev–Trinajstić information content (AvgIpc) is 3.11. The molecule has 2 heterocycles. The first-order chi connectivity index (χ1) is 12.0. The standard InChI is InChI=1S/C19H23N3O3/c1-13(2)20-18(23)15-8-10-22(11-9-15)19(24)16-12-17(25-21-16)14-6-4-3-5-7-14/h3-7,12-13,15H,8-11H2,1-2H3,(H,20,23). The molecule has 1 aromatic heterocycles. The monoisotopic (exact) mass is 341 g/mol. The third-order valence-corrected chi connectivity index (χ3v) is 4.37. The summed E-state index contributed by atoms with van der Waals surface area (Å²) in [6.45, 7) is 5.02. The van der Waals surface area contributed by atoms with Crippen molar-refractivity contribution in [1.82, 2.24) is 15.4 Å². The van der Waals surface area contributed by atoms with E-state index in [9.17, 15) is 9.59 Å². The van der Waals surface area contributed by atoms with Crippen LogP contribution in [0.1, 0.15) is 37.2 Å². The predicted octanol–water partition coefficient (Wildman–Crippen LogP) is 2.72. The van der Waals surface area contributed by atoms with Crippen LogP contribution in [0.3, 0.4) is 0 Å². The molecule has 0 bridgehead atoms. The summed E-state index contributed by atoms with van der Waals surface area (Å²) < 4.78 is 5.30. The highest BCUT2D eigenvalue weighted by Gasteiger charge is 2.29. The lowest BCUT2D eigenvalue weighted by Crippen LogP contribution is -2.44. The Morgan fingerprint density at radius 3 is 2.52 bits per heavy atom. The van der Waals surface area contributed by atoms with Crippen LogP contribution in [0.15, 0.2) is 40.9 Å². The highest BCUT2D eigenvalue weighted by molar-refractivity contribution is 5.93. The zero-order chi connectivity index (χ0) is 17.8. The molecule has 0 unspecified atom stereocenters. The second-order valence-electron chi connectivity index (χ2n) is 6.67. The summed E-state index contributed by atoms with van der Waals surface area (Å²) in [4.78, 5) is 26.4. The minimum atomic E-state index is -0.145. The van der Waals surface area contributed by atoms with E-state index in [-0.39, 0.29) is 23.8 Å². The first kappa shape index (κ1) is 17.2. The number of carbonyl (C=O) groups is 2. The van der Waals surface area contributed by atoms with E-state index < -0.39 is 0 Å². The van der Waals surface area contributed by atoms with Crippen LogP contribution in [0, 0.1) is 5.92 Å². The second-order valence-corrected chi connectivity index (χ2v) is 6.67. The zero-order valence-electron chi connectivity index (χ0n) is 14.6. The van der Waals surface area contributed by atoms with Crippen LogP contribution in [0.2, 0.25) is 0 Å². The van der Waals surface area contributed by atoms with Gasteiger partial charge in [-0.1, -0.05) is 35.5 Å². The number of hydrogen-bond acceptors (Lipinski definition) is 4. The maximum Gasteiger partial charge on any atom is 0.276 e. The van der Waals surface area contributed by atoms with Crippen LogP contribution in [-0.4, -0.2) is 41.0 Å². The van der Waals surface area contributed by atoms with Crippen molar-refractivity contribution in [1.29, 1.82) is 0 Å². The topological polar surface area (TPSA) is 75.4 Å². The van der Waals surface area contributed by atoms with Gasteiger partial charge in [0.05, 0.1) is 0 Å². The molecule has 6 heteroatoms. The number of benzene rings is 1. The molecule has 0 aliphatic carbocycles. The number of nitrogens with one attached hydrogen (secondary N) is 1. The number of nitrogens with zero attached hydrogens (tertiary/aromatic N) is 2. The molecule has 1 saturated heterocycles. The zero-order valence-corrected chi connectivity index (χ0v) is 14.6. The fraction of sp³-hybridized carbons (Fsp3) is 0.421. The maximum atomic E-state index is 12.6. The predicted molar refractivity (Wildman–Crippen MR) is 93.8 cm³/mol. The number of amides is 2. The summed E-state index contributed by atoms with van der Waals surface area (Å²) in [6.07, 6.45) is 1.35. The molecule has 6 nitrogen and oxygen atoms in total. The van der Waals surface area contributed by atoms with Gasteiger partial charge in [0.25, 0.3) is 5.91 Å². The normalized spacial score (nSPS) is 15.4. The highest BCUT2D eigenvalue weighted by Crippen LogP contribution is 2.23. The average molecular weight is 341 g/mol. The van der Waals surface area contributed by atoms with Gasteiger partial charge in [0, 0.05) is 36.7 Å². The molecule has 132 valence electrons. The molecular weight excluding hydrogens is 318 g/mol. The minimum absolute atomic E-state index is 0.0244. The number of rotatable bonds is 4. The molecule has 0 atom stereocenters.